The average Bonchev–Trinajstić information content (AvgIpc) is 2.18. The van der Waals surface area contributed by atoms with Crippen molar-refractivity contribution >= 4 is 17.3 Å². The fraction of sp³-hybridized carbons (Fsp3) is 0.400. The zero-order valence-corrected chi connectivity index (χ0v) is 9.05. The van der Waals surface area contributed by atoms with Crippen LogP contribution in [0.1, 0.15) is 12.8 Å². The van der Waals surface area contributed by atoms with Crippen LogP contribution in [0.5, 0.6) is 5.75 Å². The van der Waals surface area contributed by atoms with Gasteiger partial charge in [-0.25, -0.2) is 0 Å². The first-order chi connectivity index (χ1) is 7.56. The number of non-ortho nitro benzene ring substituents is 1. The summed E-state index contributed by atoms with van der Waals surface area (Å²) in [5, 5.41) is 20.0. The average molecular weight is 244 g/mol. The van der Waals surface area contributed by atoms with E-state index >= 15 is 0 Å². The number of hydrogen-bond acceptors (Lipinski definition) is 4. The second-order valence-corrected chi connectivity index (χ2v) is 4.14. The number of nitro groups is 1. The molecule has 0 atom stereocenters. The van der Waals surface area contributed by atoms with Gasteiger partial charge in [0.15, 0.2) is 0 Å². The van der Waals surface area contributed by atoms with E-state index in [-0.39, 0.29) is 17.9 Å². The van der Waals surface area contributed by atoms with E-state index in [1.807, 2.05) is 0 Å². The van der Waals surface area contributed by atoms with Gasteiger partial charge in [-0.05, 0) is 6.07 Å². The van der Waals surface area contributed by atoms with E-state index in [4.69, 9.17) is 21.4 Å². The molecule has 86 valence electrons. The highest BCUT2D eigenvalue weighted by Crippen LogP contribution is 2.33. The molecule has 1 N–H and O–H groups in total. The number of nitrogens with zero attached hydrogens (tertiary/aromatic N) is 1. The first-order valence-electron chi connectivity index (χ1n) is 4.85. The highest BCUT2D eigenvalue weighted by atomic mass is 35.5. The van der Waals surface area contributed by atoms with Crippen molar-refractivity contribution in [1.82, 2.24) is 0 Å². The van der Waals surface area contributed by atoms with E-state index in [1.54, 1.807) is 0 Å². The molecule has 0 spiro atoms. The van der Waals surface area contributed by atoms with Crippen LogP contribution in [-0.2, 0) is 0 Å². The molecule has 1 aromatic carbocycles. The summed E-state index contributed by atoms with van der Waals surface area (Å²) in [6.45, 7) is 0. The molecule has 0 heterocycles. The smallest absolute Gasteiger partial charge is 0.273 e. The molecule has 1 aliphatic rings. The van der Waals surface area contributed by atoms with Gasteiger partial charge in [-0.15, -0.1) is 0 Å². The van der Waals surface area contributed by atoms with Gasteiger partial charge in [-0.3, -0.25) is 10.1 Å². The molecule has 1 aromatic rings. The van der Waals surface area contributed by atoms with Crippen molar-refractivity contribution in [2.45, 2.75) is 25.0 Å². The topological polar surface area (TPSA) is 72.6 Å². The first kappa shape index (κ1) is 11.2. The van der Waals surface area contributed by atoms with Crippen LogP contribution in [-0.4, -0.2) is 22.2 Å². The Morgan fingerprint density at radius 2 is 2.19 bits per heavy atom. The molecule has 2 rings (SSSR count). The molecule has 16 heavy (non-hydrogen) atoms. The number of hydrogen-bond donors (Lipinski definition) is 1. The Hall–Kier alpha value is -1.33. The number of ether oxygens (including phenoxy) is 1. The molecule has 1 saturated carbocycles. The molecule has 0 aliphatic heterocycles. The predicted octanol–water partition coefficient (Wildman–Crippen LogP) is 2.15. The minimum atomic E-state index is -0.501. The molecule has 5 nitrogen and oxygen atoms in total. The highest BCUT2D eigenvalue weighted by Gasteiger charge is 2.29. The Morgan fingerprint density at radius 1 is 1.50 bits per heavy atom. The molecule has 0 aromatic heterocycles. The molecule has 0 bridgehead atoms. The summed E-state index contributed by atoms with van der Waals surface area (Å²) in [6, 6.07) is 4.06. The lowest BCUT2D eigenvalue weighted by atomic mass is 9.92. The predicted molar refractivity (Wildman–Crippen MR) is 57.8 cm³/mol. The van der Waals surface area contributed by atoms with Gasteiger partial charge in [0.2, 0.25) is 0 Å². The Balaban J connectivity index is 2.12. The molecule has 0 radical (unpaired) electrons. The summed E-state index contributed by atoms with van der Waals surface area (Å²) < 4.78 is 5.45. The zero-order valence-electron chi connectivity index (χ0n) is 8.30. The summed E-state index contributed by atoms with van der Waals surface area (Å²) in [7, 11) is 0. The molecule has 1 fully saturated rings. The lowest BCUT2D eigenvalue weighted by Crippen LogP contribution is -2.37. The van der Waals surface area contributed by atoms with Gasteiger partial charge < -0.3 is 9.84 Å². The SMILES string of the molecule is O=[N+]([O-])c1ccc(Cl)c(OC2CC(O)C2)c1. The Bertz CT molecular complexity index is 417. The van der Waals surface area contributed by atoms with Crippen LogP contribution in [0.2, 0.25) is 5.02 Å². The van der Waals surface area contributed by atoms with E-state index < -0.39 is 4.92 Å². The molecular weight excluding hydrogens is 234 g/mol. The maximum absolute atomic E-state index is 10.6. The van der Waals surface area contributed by atoms with Gasteiger partial charge in [-0.1, -0.05) is 11.6 Å². The van der Waals surface area contributed by atoms with Crippen molar-refractivity contribution in [3.8, 4) is 5.75 Å². The number of aliphatic hydroxyl groups is 1. The Labute approximate surface area is 96.7 Å². The lowest BCUT2D eigenvalue weighted by molar-refractivity contribution is -0.385. The molecule has 0 unspecified atom stereocenters. The number of aliphatic hydroxyl groups excluding tert-OH is 1. The summed E-state index contributed by atoms with van der Waals surface area (Å²) in [5.74, 6) is 0.299. The van der Waals surface area contributed by atoms with Crippen LogP contribution in [0.3, 0.4) is 0 Å². The fourth-order valence-electron chi connectivity index (χ4n) is 1.51. The van der Waals surface area contributed by atoms with Crippen LogP contribution in [0.25, 0.3) is 0 Å². The number of halogens is 1. The van der Waals surface area contributed by atoms with Crippen molar-refractivity contribution in [2.75, 3.05) is 0 Å². The molecular formula is C10H10ClNO4. The van der Waals surface area contributed by atoms with Crippen LogP contribution in [0.4, 0.5) is 5.69 Å². The Morgan fingerprint density at radius 3 is 2.75 bits per heavy atom. The molecule has 0 saturated heterocycles. The van der Waals surface area contributed by atoms with E-state index in [9.17, 15) is 10.1 Å². The highest BCUT2D eigenvalue weighted by molar-refractivity contribution is 6.32. The summed E-state index contributed by atoms with van der Waals surface area (Å²) in [5.41, 5.74) is -0.0562. The summed E-state index contributed by atoms with van der Waals surface area (Å²) in [4.78, 5) is 10.1. The largest absolute Gasteiger partial charge is 0.488 e. The van der Waals surface area contributed by atoms with Crippen LogP contribution in [0, 0.1) is 10.1 Å². The quantitative estimate of drug-likeness (QED) is 0.652. The third-order valence-corrected chi connectivity index (χ3v) is 2.80. The first-order valence-corrected chi connectivity index (χ1v) is 5.22. The number of rotatable bonds is 3. The number of nitro benzene ring substituents is 1. The minimum Gasteiger partial charge on any atom is -0.488 e. The van der Waals surface area contributed by atoms with Crippen molar-refractivity contribution in [3.63, 3.8) is 0 Å². The van der Waals surface area contributed by atoms with E-state index in [2.05, 4.69) is 0 Å². The lowest BCUT2D eigenvalue weighted by Gasteiger charge is -2.31. The van der Waals surface area contributed by atoms with Crippen LogP contribution >= 0.6 is 11.6 Å². The molecule has 1 aliphatic carbocycles. The van der Waals surface area contributed by atoms with Gasteiger partial charge in [-0.2, -0.15) is 0 Å². The molecule has 6 heteroatoms. The van der Waals surface area contributed by atoms with E-state index in [1.165, 1.54) is 18.2 Å². The van der Waals surface area contributed by atoms with Crippen molar-refractivity contribution in [3.05, 3.63) is 33.3 Å². The molecule has 0 amide bonds. The number of benzene rings is 1. The van der Waals surface area contributed by atoms with Gasteiger partial charge in [0.1, 0.15) is 11.9 Å². The van der Waals surface area contributed by atoms with Crippen molar-refractivity contribution < 1.29 is 14.8 Å². The third-order valence-electron chi connectivity index (χ3n) is 2.49. The second kappa shape index (κ2) is 4.27. The fourth-order valence-corrected chi connectivity index (χ4v) is 1.67. The Kier molecular flexibility index (Phi) is 2.98. The summed E-state index contributed by atoms with van der Waals surface area (Å²) in [6.07, 6.45) is 0.648. The van der Waals surface area contributed by atoms with E-state index in [0.717, 1.165) is 0 Å². The third kappa shape index (κ3) is 2.25. The van der Waals surface area contributed by atoms with Crippen LogP contribution < -0.4 is 4.74 Å². The van der Waals surface area contributed by atoms with Gasteiger partial charge in [0.05, 0.1) is 22.1 Å². The normalized spacial score (nSPS) is 23.6. The van der Waals surface area contributed by atoms with Gasteiger partial charge >= 0.3 is 0 Å². The standard InChI is InChI=1S/C10H10ClNO4/c11-9-2-1-6(12(14)15)3-10(9)16-8-4-7(13)5-8/h1-3,7-8,13H,4-5H2. The van der Waals surface area contributed by atoms with Gasteiger partial charge in [0, 0.05) is 18.9 Å². The van der Waals surface area contributed by atoms with Crippen molar-refractivity contribution in [2.24, 2.45) is 0 Å². The maximum atomic E-state index is 10.6. The second-order valence-electron chi connectivity index (χ2n) is 3.74. The minimum absolute atomic E-state index is 0.0562. The van der Waals surface area contributed by atoms with E-state index in [0.29, 0.717) is 23.6 Å². The van der Waals surface area contributed by atoms with Crippen molar-refractivity contribution in [1.29, 1.82) is 0 Å². The van der Waals surface area contributed by atoms with Gasteiger partial charge in [0.25, 0.3) is 5.69 Å². The zero-order chi connectivity index (χ0) is 11.7. The summed E-state index contributed by atoms with van der Waals surface area (Å²) >= 11 is 5.85. The van der Waals surface area contributed by atoms with Crippen LogP contribution in [0.15, 0.2) is 18.2 Å². The monoisotopic (exact) mass is 243 g/mol. The maximum Gasteiger partial charge on any atom is 0.273 e.